The van der Waals surface area contributed by atoms with Crippen LogP contribution in [-0.4, -0.2) is 25.5 Å². The second-order valence-corrected chi connectivity index (χ2v) is 8.08. The number of carbonyl (C=O) groups excluding carboxylic acids is 1. The van der Waals surface area contributed by atoms with Crippen LogP contribution in [0.3, 0.4) is 0 Å². The van der Waals surface area contributed by atoms with Crippen LogP contribution in [0, 0.1) is 0 Å². The van der Waals surface area contributed by atoms with E-state index in [0.717, 1.165) is 27.1 Å². The predicted molar refractivity (Wildman–Crippen MR) is 111 cm³/mol. The molecule has 140 valence electrons. The average molecular weight is 388 g/mol. The van der Waals surface area contributed by atoms with Crippen LogP contribution in [0.5, 0.6) is 0 Å². The zero-order valence-electron chi connectivity index (χ0n) is 15.7. The summed E-state index contributed by atoms with van der Waals surface area (Å²) in [5, 5.41) is 11.2. The molecule has 0 saturated heterocycles. The van der Waals surface area contributed by atoms with Gasteiger partial charge in [0.1, 0.15) is 6.33 Å². The maximum Gasteiger partial charge on any atom is 0.191 e. The highest BCUT2D eigenvalue weighted by atomic mass is 32.2. The van der Waals surface area contributed by atoms with E-state index in [0.29, 0.717) is 6.42 Å². The van der Waals surface area contributed by atoms with Crippen molar-refractivity contribution in [2.24, 2.45) is 7.05 Å². The van der Waals surface area contributed by atoms with Gasteiger partial charge >= 0.3 is 0 Å². The summed E-state index contributed by atoms with van der Waals surface area (Å²) in [6.45, 7) is 2.14. The van der Waals surface area contributed by atoms with Crippen LogP contribution < -0.4 is 0 Å². The molecule has 28 heavy (non-hydrogen) atoms. The molecule has 2 heterocycles. The Kier molecular flexibility index (Phi) is 5.21. The van der Waals surface area contributed by atoms with Crippen LogP contribution in [0.2, 0.25) is 0 Å². The van der Waals surface area contributed by atoms with Crippen LogP contribution in [0.15, 0.2) is 72.4 Å². The first-order chi connectivity index (χ1) is 13.6. The molecule has 0 amide bonds. The summed E-state index contributed by atoms with van der Waals surface area (Å²) >= 11 is 1.65. The number of nitrogens with zero attached hydrogens (tertiary/aromatic N) is 4. The molecule has 0 aliphatic rings. The molecule has 2 aromatic carbocycles. The van der Waals surface area contributed by atoms with Crippen molar-refractivity contribution in [2.45, 2.75) is 23.8 Å². The van der Waals surface area contributed by atoms with Gasteiger partial charge in [-0.25, -0.2) is 0 Å². The fourth-order valence-corrected chi connectivity index (χ4v) is 4.01. The van der Waals surface area contributed by atoms with Gasteiger partial charge in [-0.2, -0.15) is 0 Å². The second-order valence-electron chi connectivity index (χ2n) is 6.77. The SMILES string of the molecule is CC(Sc1nncn1C)c1cccc(CC(=O)c2ccc3cnccc3c2)c1. The van der Waals surface area contributed by atoms with Gasteiger partial charge in [-0.15, -0.1) is 10.2 Å². The highest BCUT2D eigenvalue weighted by Gasteiger charge is 2.13. The van der Waals surface area contributed by atoms with E-state index < -0.39 is 0 Å². The van der Waals surface area contributed by atoms with Crippen LogP contribution in [-0.2, 0) is 13.5 Å². The summed E-state index contributed by atoms with van der Waals surface area (Å²) < 4.78 is 1.91. The number of hydrogen-bond donors (Lipinski definition) is 0. The molecule has 0 aliphatic carbocycles. The smallest absolute Gasteiger partial charge is 0.191 e. The summed E-state index contributed by atoms with van der Waals surface area (Å²) in [7, 11) is 1.93. The average Bonchev–Trinajstić information content (AvgIpc) is 3.12. The van der Waals surface area contributed by atoms with E-state index in [1.54, 1.807) is 24.3 Å². The molecule has 0 aliphatic heterocycles. The minimum absolute atomic E-state index is 0.115. The fourth-order valence-electron chi connectivity index (χ4n) is 3.11. The number of fused-ring (bicyclic) bond motifs is 1. The van der Waals surface area contributed by atoms with Crippen molar-refractivity contribution in [1.82, 2.24) is 19.7 Å². The zero-order valence-corrected chi connectivity index (χ0v) is 16.6. The largest absolute Gasteiger partial charge is 0.312 e. The molecule has 1 atom stereocenters. The van der Waals surface area contributed by atoms with Crippen molar-refractivity contribution in [3.8, 4) is 0 Å². The van der Waals surface area contributed by atoms with Gasteiger partial charge in [0.25, 0.3) is 0 Å². The lowest BCUT2D eigenvalue weighted by Crippen LogP contribution is -2.04. The lowest BCUT2D eigenvalue weighted by molar-refractivity contribution is 0.0993. The minimum atomic E-state index is 0.115. The van der Waals surface area contributed by atoms with Crippen molar-refractivity contribution < 1.29 is 4.79 Å². The standard InChI is InChI=1S/C22H20N4OS/c1-15(28-22-25-24-14-26(22)2)17-5-3-4-16(10-17)11-21(27)19-6-7-20-13-23-9-8-18(20)12-19/h3-10,12-15H,11H2,1-2H3. The quantitative estimate of drug-likeness (QED) is 0.356. The molecule has 0 spiro atoms. The number of benzene rings is 2. The van der Waals surface area contributed by atoms with E-state index in [1.807, 2.05) is 54.2 Å². The van der Waals surface area contributed by atoms with Gasteiger partial charge in [0.05, 0.1) is 0 Å². The van der Waals surface area contributed by atoms with Gasteiger partial charge in [0.15, 0.2) is 10.9 Å². The van der Waals surface area contributed by atoms with Crippen LogP contribution >= 0.6 is 11.8 Å². The summed E-state index contributed by atoms with van der Waals surface area (Å²) in [4.78, 5) is 16.9. The van der Waals surface area contributed by atoms with Gasteiger partial charge in [-0.1, -0.05) is 48.2 Å². The monoisotopic (exact) mass is 388 g/mol. The van der Waals surface area contributed by atoms with Crippen LogP contribution in [0.25, 0.3) is 10.8 Å². The number of Topliss-reactive ketones (excluding diaryl/α,β-unsaturated/α-hetero) is 1. The van der Waals surface area contributed by atoms with E-state index in [9.17, 15) is 4.79 Å². The number of hydrogen-bond acceptors (Lipinski definition) is 5. The van der Waals surface area contributed by atoms with Gasteiger partial charge < -0.3 is 4.57 Å². The fraction of sp³-hybridized carbons (Fsp3) is 0.182. The first-order valence-corrected chi connectivity index (χ1v) is 9.94. The highest BCUT2D eigenvalue weighted by molar-refractivity contribution is 7.99. The summed E-state index contributed by atoms with van der Waals surface area (Å²) in [6.07, 6.45) is 5.63. The first-order valence-electron chi connectivity index (χ1n) is 9.06. The Hall–Kier alpha value is -2.99. The third-order valence-electron chi connectivity index (χ3n) is 4.70. The Morgan fingerprint density at radius 3 is 2.86 bits per heavy atom. The van der Waals surface area contributed by atoms with Gasteiger partial charge in [-0.3, -0.25) is 9.78 Å². The third kappa shape index (κ3) is 3.97. The van der Waals surface area contributed by atoms with Gasteiger partial charge in [0.2, 0.25) is 0 Å². The first kappa shape index (κ1) is 18.4. The molecule has 0 bridgehead atoms. The summed E-state index contributed by atoms with van der Waals surface area (Å²) in [6, 6.07) is 15.9. The van der Waals surface area contributed by atoms with E-state index >= 15 is 0 Å². The van der Waals surface area contributed by atoms with Gasteiger partial charge in [0, 0.05) is 42.1 Å². The van der Waals surface area contributed by atoms with Crippen molar-refractivity contribution >= 4 is 28.3 Å². The van der Waals surface area contributed by atoms with E-state index in [-0.39, 0.29) is 11.0 Å². The number of aryl methyl sites for hydroxylation is 1. The molecule has 6 heteroatoms. The maximum absolute atomic E-state index is 12.8. The number of aromatic nitrogens is 4. The number of ketones is 1. The normalized spacial score (nSPS) is 12.2. The number of pyridine rings is 1. The van der Waals surface area contributed by atoms with Crippen LogP contribution in [0.1, 0.15) is 33.7 Å². The Bertz CT molecular complexity index is 1140. The number of rotatable bonds is 6. The van der Waals surface area contributed by atoms with Gasteiger partial charge in [-0.05, 0) is 35.6 Å². The van der Waals surface area contributed by atoms with Crippen molar-refractivity contribution in [2.75, 3.05) is 0 Å². The molecule has 2 aromatic heterocycles. The van der Waals surface area contributed by atoms with Crippen molar-refractivity contribution in [1.29, 1.82) is 0 Å². The summed E-state index contributed by atoms with van der Waals surface area (Å²) in [5.74, 6) is 0.115. The maximum atomic E-state index is 12.8. The Labute approximate surface area is 167 Å². The number of thioether (sulfide) groups is 1. The molecule has 0 fully saturated rings. The number of carbonyl (C=O) groups is 1. The molecule has 0 N–H and O–H groups in total. The Morgan fingerprint density at radius 1 is 1.14 bits per heavy atom. The molecule has 0 saturated carbocycles. The van der Waals surface area contributed by atoms with E-state index in [4.69, 9.17) is 0 Å². The lowest BCUT2D eigenvalue weighted by atomic mass is 9.99. The Balaban J connectivity index is 1.50. The Morgan fingerprint density at radius 2 is 2.04 bits per heavy atom. The van der Waals surface area contributed by atoms with E-state index in [2.05, 4.69) is 34.2 Å². The third-order valence-corrected chi connectivity index (χ3v) is 5.91. The highest BCUT2D eigenvalue weighted by Crippen LogP contribution is 2.33. The molecular weight excluding hydrogens is 368 g/mol. The van der Waals surface area contributed by atoms with Crippen LogP contribution in [0.4, 0.5) is 0 Å². The molecule has 4 rings (SSSR count). The summed E-state index contributed by atoms with van der Waals surface area (Å²) in [5.41, 5.74) is 2.91. The second kappa shape index (κ2) is 7.94. The molecule has 1 unspecified atom stereocenters. The molecule has 4 aromatic rings. The lowest BCUT2D eigenvalue weighted by Gasteiger charge is -2.12. The minimum Gasteiger partial charge on any atom is -0.312 e. The molecule has 0 radical (unpaired) electrons. The molecular formula is C22H20N4OS. The topological polar surface area (TPSA) is 60.7 Å². The van der Waals surface area contributed by atoms with Crippen molar-refractivity contribution in [3.05, 3.63) is 83.9 Å². The van der Waals surface area contributed by atoms with Crippen molar-refractivity contribution in [3.63, 3.8) is 0 Å². The molecule has 5 nitrogen and oxygen atoms in total. The van der Waals surface area contributed by atoms with E-state index in [1.165, 1.54) is 5.56 Å². The zero-order chi connectivity index (χ0) is 19.5. The predicted octanol–water partition coefficient (Wildman–Crippen LogP) is 4.64.